The van der Waals surface area contributed by atoms with Crippen LogP contribution < -0.4 is 0 Å². The molecule has 0 bridgehead atoms. The van der Waals surface area contributed by atoms with Crippen molar-refractivity contribution in [3.63, 3.8) is 0 Å². The van der Waals surface area contributed by atoms with E-state index in [2.05, 4.69) is 101 Å². The fraction of sp³-hybridized carbons (Fsp3) is 0.458. The zero-order valence-electron chi connectivity index (χ0n) is 17.3. The highest BCUT2D eigenvalue weighted by molar-refractivity contribution is 9.11. The number of benzene rings is 2. The molecule has 0 heterocycles. The lowest BCUT2D eigenvalue weighted by molar-refractivity contribution is 0.186. The first-order chi connectivity index (χ1) is 13.4. The minimum absolute atomic E-state index is 0.212. The van der Waals surface area contributed by atoms with Crippen LogP contribution >= 0.6 is 31.9 Å². The zero-order chi connectivity index (χ0) is 20.7. The Morgan fingerprint density at radius 2 is 1.61 bits per heavy atom. The van der Waals surface area contributed by atoms with Crippen molar-refractivity contribution in [3.05, 3.63) is 68.6 Å². The molecule has 0 saturated heterocycles. The summed E-state index contributed by atoms with van der Waals surface area (Å²) in [5.74, 6) is 0.212. The minimum atomic E-state index is -0.528. The summed E-state index contributed by atoms with van der Waals surface area (Å²) in [7, 11) is 0. The number of hydrogen-bond acceptors (Lipinski definition) is 2. The molecule has 2 rings (SSSR count). The van der Waals surface area contributed by atoms with Crippen LogP contribution in [0, 0.1) is 17.2 Å². The van der Waals surface area contributed by atoms with E-state index in [0.717, 1.165) is 40.4 Å². The Morgan fingerprint density at radius 1 is 1.00 bits per heavy atom. The third-order valence-corrected chi connectivity index (χ3v) is 7.13. The molecule has 0 aliphatic heterocycles. The highest BCUT2D eigenvalue weighted by Gasteiger charge is 2.39. The lowest BCUT2D eigenvalue weighted by Gasteiger charge is -2.36. The highest BCUT2D eigenvalue weighted by atomic mass is 79.9. The predicted octanol–water partition coefficient (Wildman–Crippen LogP) is 7.32. The van der Waals surface area contributed by atoms with Crippen molar-refractivity contribution >= 4 is 31.9 Å². The lowest BCUT2D eigenvalue weighted by Crippen LogP contribution is -2.37. The molecule has 0 N–H and O–H groups in total. The van der Waals surface area contributed by atoms with Crippen molar-refractivity contribution in [2.24, 2.45) is 5.92 Å². The summed E-state index contributed by atoms with van der Waals surface area (Å²) in [6.45, 7) is 10.7. The molecule has 0 fully saturated rings. The maximum Gasteiger partial charge on any atom is 0.0867 e. The standard InChI is InChI=1S/C24H30Br2N2/c1-5-28(16-20-10-7-6-8-11-20)19(4)14-15-24(17-27,18(2)3)23-21(25)12-9-13-22(23)26/h6-13,18-19H,5,14-16H2,1-4H3. The molecule has 28 heavy (non-hydrogen) atoms. The number of nitriles is 1. The van der Waals surface area contributed by atoms with Crippen molar-refractivity contribution in [3.8, 4) is 6.07 Å². The lowest BCUT2D eigenvalue weighted by atomic mass is 9.69. The number of rotatable bonds is 9. The van der Waals surface area contributed by atoms with Gasteiger partial charge >= 0.3 is 0 Å². The van der Waals surface area contributed by atoms with Crippen molar-refractivity contribution in [2.75, 3.05) is 6.54 Å². The molecule has 0 radical (unpaired) electrons. The largest absolute Gasteiger partial charge is 0.297 e. The molecule has 2 aromatic rings. The molecule has 2 unspecified atom stereocenters. The zero-order valence-corrected chi connectivity index (χ0v) is 20.4. The van der Waals surface area contributed by atoms with E-state index in [1.54, 1.807) is 0 Å². The van der Waals surface area contributed by atoms with Crippen molar-refractivity contribution in [2.45, 2.75) is 58.5 Å². The van der Waals surface area contributed by atoms with Gasteiger partial charge in [-0.15, -0.1) is 0 Å². The van der Waals surface area contributed by atoms with E-state index in [4.69, 9.17) is 0 Å². The molecule has 0 amide bonds. The number of halogens is 2. The molecule has 150 valence electrons. The quantitative estimate of drug-likeness (QED) is 0.357. The maximum atomic E-state index is 10.3. The Hall–Kier alpha value is -1.15. The van der Waals surface area contributed by atoms with Gasteiger partial charge in [0, 0.05) is 27.1 Å². The second kappa shape index (κ2) is 10.6. The van der Waals surface area contributed by atoms with Crippen LogP contribution in [0.25, 0.3) is 0 Å². The Balaban J connectivity index is 2.22. The van der Waals surface area contributed by atoms with Crippen molar-refractivity contribution in [1.82, 2.24) is 4.90 Å². The van der Waals surface area contributed by atoms with Crippen LogP contribution in [0.4, 0.5) is 0 Å². The molecule has 0 aromatic heterocycles. The van der Waals surface area contributed by atoms with Crippen LogP contribution in [0.2, 0.25) is 0 Å². The van der Waals surface area contributed by atoms with Gasteiger partial charge < -0.3 is 0 Å². The molecule has 0 saturated carbocycles. The Kier molecular flexibility index (Phi) is 8.74. The molecular weight excluding hydrogens is 476 g/mol. The normalized spacial score (nSPS) is 14.7. The van der Waals surface area contributed by atoms with Gasteiger partial charge in [-0.05, 0) is 49.9 Å². The molecular formula is C24H30Br2N2. The third-order valence-electron chi connectivity index (χ3n) is 5.81. The maximum absolute atomic E-state index is 10.3. The van der Waals surface area contributed by atoms with Crippen molar-refractivity contribution < 1.29 is 0 Å². The Labute approximate surface area is 187 Å². The van der Waals surface area contributed by atoms with Crippen molar-refractivity contribution in [1.29, 1.82) is 5.26 Å². The van der Waals surface area contributed by atoms with Crippen LogP contribution in [-0.2, 0) is 12.0 Å². The summed E-state index contributed by atoms with van der Waals surface area (Å²) in [5.41, 5.74) is 1.88. The van der Waals surface area contributed by atoms with E-state index in [-0.39, 0.29) is 5.92 Å². The van der Waals surface area contributed by atoms with Gasteiger partial charge in [-0.3, -0.25) is 4.90 Å². The SMILES string of the molecule is CCN(Cc1ccccc1)C(C)CCC(C#N)(c1c(Br)cccc1Br)C(C)C. The van der Waals surface area contributed by atoms with Gasteiger partial charge in [-0.2, -0.15) is 5.26 Å². The van der Waals surface area contributed by atoms with E-state index >= 15 is 0 Å². The van der Waals surface area contributed by atoms with Crippen LogP contribution in [-0.4, -0.2) is 17.5 Å². The van der Waals surface area contributed by atoms with Gasteiger partial charge in [-0.1, -0.05) is 89.0 Å². The first-order valence-electron chi connectivity index (χ1n) is 9.99. The van der Waals surface area contributed by atoms with Gasteiger partial charge in [-0.25, -0.2) is 0 Å². The summed E-state index contributed by atoms with van der Waals surface area (Å²) in [4.78, 5) is 2.49. The first-order valence-corrected chi connectivity index (χ1v) is 11.6. The van der Waals surface area contributed by atoms with E-state index in [1.165, 1.54) is 5.56 Å². The smallest absolute Gasteiger partial charge is 0.0867 e. The van der Waals surface area contributed by atoms with Crippen LogP contribution in [0.1, 0.15) is 51.7 Å². The monoisotopic (exact) mass is 504 g/mol. The molecule has 2 aromatic carbocycles. The molecule has 2 nitrogen and oxygen atoms in total. The molecule has 4 heteroatoms. The summed E-state index contributed by atoms with van der Waals surface area (Å²) in [5, 5.41) is 10.3. The van der Waals surface area contributed by atoms with E-state index in [0.29, 0.717) is 6.04 Å². The van der Waals surface area contributed by atoms with Crippen LogP contribution in [0.3, 0.4) is 0 Å². The van der Waals surface area contributed by atoms with E-state index in [1.807, 2.05) is 18.2 Å². The molecule has 0 aliphatic carbocycles. The summed E-state index contributed by atoms with van der Waals surface area (Å²) < 4.78 is 2.00. The molecule has 2 atom stereocenters. The van der Waals surface area contributed by atoms with Gasteiger partial charge in [0.15, 0.2) is 0 Å². The second-order valence-electron chi connectivity index (χ2n) is 7.77. The summed E-state index contributed by atoms with van der Waals surface area (Å²) in [6.07, 6.45) is 1.80. The highest BCUT2D eigenvalue weighted by Crippen LogP contribution is 2.44. The van der Waals surface area contributed by atoms with Gasteiger partial charge in [0.1, 0.15) is 0 Å². The average molecular weight is 506 g/mol. The predicted molar refractivity (Wildman–Crippen MR) is 125 cm³/mol. The van der Waals surface area contributed by atoms with E-state index < -0.39 is 5.41 Å². The Morgan fingerprint density at radius 3 is 2.11 bits per heavy atom. The number of hydrogen-bond donors (Lipinski definition) is 0. The Bertz CT molecular complexity index is 778. The van der Waals surface area contributed by atoms with Gasteiger partial charge in [0.2, 0.25) is 0 Å². The van der Waals surface area contributed by atoms with Gasteiger partial charge in [0.05, 0.1) is 11.5 Å². The molecule has 0 spiro atoms. The summed E-state index contributed by atoms with van der Waals surface area (Å²) in [6, 6.07) is 19.8. The fourth-order valence-corrected chi connectivity index (χ4v) is 5.59. The minimum Gasteiger partial charge on any atom is -0.297 e. The first kappa shape index (κ1) is 23.1. The average Bonchev–Trinajstić information content (AvgIpc) is 2.68. The third kappa shape index (κ3) is 5.26. The number of nitrogens with zero attached hydrogens (tertiary/aromatic N) is 2. The second-order valence-corrected chi connectivity index (χ2v) is 9.48. The van der Waals surface area contributed by atoms with Crippen LogP contribution in [0.5, 0.6) is 0 Å². The topological polar surface area (TPSA) is 27.0 Å². The fourth-order valence-electron chi connectivity index (χ4n) is 3.88. The summed E-state index contributed by atoms with van der Waals surface area (Å²) >= 11 is 7.39. The molecule has 0 aliphatic rings. The van der Waals surface area contributed by atoms with E-state index in [9.17, 15) is 5.26 Å². The van der Waals surface area contributed by atoms with Crippen LogP contribution in [0.15, 0.2) is 57.5 Å². The van der Waals surface area contributed by atoms with Gasteiger partial charge in [0.25, 0.3) is 0 Å².